The molecule has 2 nitrogen and oxygen atoms in total. The van der Waals surface area contributed by atoms with Crippen LogP contribution in [-0.4, -0.2) is 20.2 Å². The van der Waals surface area contributed by atoms with Gasteiger partial charge in [0.15, 0.2) is 0 Å². The number of ether oxygens (including phenoxy) is 1. The van der Waals surface area contributed by atoms with Gasteiger partial charge in [0, 0.05) is 11.6 Å². The second-order valence-electron chi connectivity index (χ2n) is 5.09. The monoisotopic (exact) mass is 251 g/mol. The number of methoxy groups -OCH3 is 1. The minimum absolute atomic E-state index is 0.170. The topological polar surface area (TPSA) is 21.3 Å². The summed E-state index contributed by atoms with van der Waals surface area (Å²) in [5, 5.41) is 3.36. The number of halogens is 1. The molecule has 1 aliphatic rings. The van der Waals surface area contributed by atoms with E-state index in [-0.39, 0.29) is 5.82 Å². The van der Waals surface area contributed by atoms with Gasteiger partial charge in [-0.05, 0) is 50.4 Å². The van der Waals surface area contributed by atoms with E-state index >= 15 is 0 Å². The van der Waals surface area contributed by atoms with Crippen LogP contribution < -0.4 is 10.1 Å². The molecule has 1 fully saturated rings. The molecule has 0 radical (unpaired) electrons. The summed E-state index contributed by atoms with van der Waals surface area (Å²) >= 11 is 0. The predicted molar refractivity (Wildman–Crippen MR) is 71.6 cm³/mol. The van der Waals surface area contributed by atoms with Crippen LogP contribution in [0, 0.1) is 5.82 Å². The highest BCUT2D eigenvalue weighted by molar-refractivity contribution is 5.37. The molecule has 1 saturated carbocycles. The van der Waals surface area contributed by atoms with Crippen LogP contribution in [0.2, 0.25) is 0 Å². The van der Waals surface area contributed by atoms with E-state index in [1.807, 2.05) is 7.05 Å². The number of hydrogen-bond donors (Lipinski definition) is 1. The lowest BCUT2D eigenvalue weighted by Gasteiger charge is -2.21. The first-order chi connectivity index (χ1) is 8.74. The van der Waals surface area contributed by atoms with Crippen molar-refractivity contribution in [3.63, 3.8) is 0 Å². The molecule has 0 bridgehead atoms. The molecule has 1 aliphatic carbocycles. The Balaban J connectivity index is 2.25. The summed E-state index contributed by atoms with van der Waals surface area (Å²) in [6.45, 7) is 0. The third-order valence-electron chi connectivity index (χ3n) is 3.96. The van der Waals surface area contributed by atoms with Gasteiger partial charge in [0.25, 0.3) is 0 Å². The predicted octanol–water partition coefficient (Wildman–Crippen LogP) is 3.47. The maximum Gasteiger partial charge on any atom is 0.123 e. The average molecular weight is 251 g/mol. The molecular formula is C15H22FNO. The number of benzene rings is 1. The zero-order valence-corrected chi connectivity index (χ0v) is 11.2. The van der Waals surface area contributed by atoms with E-state index in [4.69, 9.17) is 4.74 Å². The highest BCUT2D eigenvalue weighted by atomic mass is 19.1. The van der Waals surface area contributed by atoms with E-state index in [2.05, 4.69) is 5.32 Å². The lowest BCUT2D eigenvalue weighted by molar-refractivity contribution is 0.395. The van der Waals surface area contributed by atoms with Gasteiger partial charge in [0.1, 0.15) is 11.6 Å². The first-order valence-corrected chi connectivity index (χ1v) is 6.75. The van der Waals surface area contributed by atoms with E-state index < -0.39 is 0 Å². The quantitative estimate of drug-likeness (QED) is 0.831. The maximum atomic E-state index is 13.4. The van der Waals surface area contributed by atoms with Crippen LogP contribution in [0.3, 0.4) is 0 Å². The second-order valence-corrected chi connectivity index (χ2v) is 5.09. The van der Waals surface area contributed by atoms with Crippen LogP contribution in [0.25, 0.3) is 0 Å². The Morgan fingerprint density at radius 2 is 2.06 bits per heavy atom. The minimum Gasteiger partial charge on any atom is -0.496 e. The summed E-state index contributed by atoms with van der Waals surface area (Å²) in [4.78, 5) is 0. The van der Waals surface area contributed by atoms with Gasteiger partial charge in [0.05, 0.1) is 7.11 Å². The zero-order chi connectivity index (χ0) is 13.0. The Bertz CT molecular complexity index is 394. The Labute approximate surface area is 109 Å². The van der Waals surface area contributed by atoms with Gasteiger partial charge in [-0.25, -0.2) is 4.39 Å². The summed E-state index contributed by atoms with van der Waals surface area (Å²) in [7, 11) is 3.67. The van der Waals surface area contributed by atoms with Crippen molar-refractivity contribution in [1.29, 1.82) is 0 Å². The Morgan fingerprint density at radius 3 is 2.78 bits per heavy atom. The molecule has 2 rings (SSSR count). The van der Waals surface area contributed by atoms with Crippen molar-refractivity contribution in [1.82, 2.24) is 5.32 Å². The van der Waals surface area contributed by atoms with Gasteiger partial charge in [-0.3, -0.25) is 0 Å². The zero-order valence-electron chi connectivity index (χ0n) is 11.2. The smallest absolute Gasteiger partial charge is 0.123 e. The SMILES string of the molecule is CNC1CCCCC(c2cc(F)ccc2OC)C1. The Kier molecular flexibility index (Phi) is 4.59. The van der Waals surface area contributed by atoms with Gasteiger partial charge >= 0.3 is 0 Å². The minimum atomic E-state index is -0.170. The second kappa shape index (κ2) is 6.19. The fourth-order valence-electron chi connectivity index (χ4n) is 2.93. The van der Waals surface area contributed by atoms with E-state index in [0.717, 1.165) is 24.2 Å². The third-order valence-corrected chi connectivity index (χ3v) is 3.96. The van der Waals surface area contributed by atoms with Crippen LogP contribution in [0.15, 0.2) is 18.2 Å². The first kappa shape index (κ1) is 13.3. The van der Waals surface area contributed by atoms with Crippen LogP contribution in [0.4, 0.5) is 4.39 Å². The molecule has 2 unspecified atom stereocenters. The molecule has 1 aromatic rings. The standard InChI is InChI=1S/C15H22FNO/c1-17-13-6-4-3-5-11(9-13)14-10-12(16)7-8-15(14)18-2/h7-8,10-11,13,17H,3-6,9H2,1-2H3. The van der Waals surface area contributed by atoms with Gasteiger partial charge < -0.3 is 10.1 Å². The van der Waals surface area contributed by atoms with Gasteiger partial charge in [-0.1, -0.05) is 12.8 Å². The summed E-state index contributed by atoms with van der Waals surface area (Å²) in [6.07, 6.45) is 5.86. The summed E-state index contributed by atoms with van der Waals surface area (Å²) in [5.41, 5.74) is 1.03. The van der Waals surface area contributed by atoms with Crippen LogP contribution in [0.5, 0.6) is 5.75 Å². The van der Waals surface area contributed by atoms with Gasteiger partial charge in [-0.15, -0.1) is 0 Å². The highest BCUT2D eigenvalue weighted by Crippen LogP contribution is 2.36. The van der Waals surface area contributed by atoms with Crippen molar-refractivity contribution < 1.29 is 9.13 Å². The molecule has 0 heterocycles. The van der Waals surface area contributed by atoms with Crippen molar-refractivity contribution in [2.45, 2.75) is 44.1 Å². The Morgan fingerprint density at radius 1 is 1.28 bits per heavy atom. The van der Waals surface area contributed by atoms with Crippen molar-refractivity contribution in [3.8, 4) is 5.75 Å². The molecule has 0 aromatic heterocycles. The molecule has 3 heteroatoms. The molecule has 0 saturated heterocycles. The number of rotatable bonds is 3. The fourth-order valence-corrected chi connectivity index (χ4v) is 2.93. The molecule has 2 atom stereocenters. The largest absolute Gasteiger partial charge is 0.496 e. The normalized spacial score (nSPS) is 24.6. The Hall–Kier alpha value is -1.09. The number of hydrogen-bond acceptors (Lipinski definition) is 2. The summed E-state index contributed by atoms with van der Waals surface area (Å²) < 4.78 is 18.8. The number of nitrogens with one attached hydrogen (secondary N) is 1. The van der Waals surface area contributed by atoms with Gasteiger partial charge in [-0.2, -0.15) is 0 Å². The lowest BCUT2D eigenvalue weighted by Crippen LogP contribution is -2.25. The van der Waals surface area contributed by atoms with Crippen LogP contribution in [0.1, 0.15) is 43.6 Å². The molecule has 100 valence electrons. The molecule has 0 aliphatic heterocycles. The van der Waals surface area contributed by atoms with Crippen LogP contribution >= 0.6 is 0 Å². The van der Waals surface area contributed by atoms with Gasteiger partial charge in [0.2, 0.25) is 0 Å². The lowest BCUT2D eigenvalue weighted by atomic mass is 9.89. The van der Waals surface area contributed by atoms with E-state index in [0.29, 0.717) is 12.0 Å². The van der Waals surface area contributed by atoms with E-state index in [1.165, 1.54) is 25.3 Å². The highest BCUT2D eigenvalue weighted by Gasteiger charge is 2.23. The molecule has 0 amide bonds. The first-order valence-electron chi connectivity index (χ1n) is 6.75. The molecular weight excluding hydrogens is 229 g/mol. The molecule has 1 aromatic carbocycles. The molecule has 0 spiro atoms. The van der Waals surface area contributed by atoms with E-state index in [9.17, 15) is 4.39 Å². The summed E-state index contributed by atoms with van der Waals surface area (Å²) in [5.74, 6) is 1.05. The molecule has 1 N–H and O–H groups in total. The average Bonchev–Trinajstić information content (AvgIpc) is 2.64. The van der Waals surface area contributed by atoms with Crippen molar-refractivity contribution in [2.75, 3.05) is 14.2 Å². The fraction of sp³-hybridized carbons (Fsp3) is 0.600. The maximum absolute atomic E-state index is 13.4. The third kappa shape index (κ3) is 3.02. The van der Waals surface area contributed by atoms with Crippen molar-refractivity contribution in [3.05, 3.63) is 29.6 Å². The van der Waals surface area contributed by atoms with Crippen molar-refractivity contribution in [2.24, 2.45) is 0 Å². The summed E-state index contributed by atoms with van der Waals surface area (Å²) in [6, 6.07) is 5.38. The van der Waals surface area contributed by atoms with Crippen molar-refractivity contribution >= 4 is 0 Å². The molecule has 18 heavy (non-hydrogen) atoms. The van der Waals surface area contributed by atoms with E-state index in [1.54, 1.807) is 19.2 Å². The van der Waals surface area contributed by atoms with Crippen LogP contribution in [-0.2, 0) is 0 Å².